The number of aryl methyl sites for hydroxylation is 2. The molecule has 0 spiro atoms. The third kappa shape index (κ3) is 3.43. The van der Waals surface area contributed by atoms with Crippen molar-refractivity contribution in [2.45, 2.75) is 45.2 Å². The Hall–Kier alpha value is -1.39. The summed E-state index contributed by atoms with van der Waals surface area (Å²) in [6.45, 7) is 6.86. The molecule has 2 heterocycles. The number of aromatic nitrogens is 2. The van der Waals surface area contributed by atoms with Crippen LogP contribution in [0.25, 0.3) is 11.0 Å². The Bertz CT molecular complexity index is 678. The van der Waals surface area contributed by atoms with Crippen LogP contribution in [0.2, 0.25) is 0 Å². The number of imidazole rings is 1. The zero-order chi connectivity index (χ0) is 15.8. The zero-order valence-electron chi connectivity index (χ0n) is 14.4. The summed E-state index contributed by atoms with van der Waals surface area (Å²) in [6.07, 6.45) is 5.47. The number of piperidine rings is 1. The van der Waals surface area contributed by atoms with E-state index in [4.69, 9.17) is 4.98 Å². The van der Waals surface area contributed by atoms with E-state index in [0.717, 1.165) is 23.8 Å². The quantitative estimate of drug-likeness (QED) is 0.921. The molecule has 1 saturated carbocycles. The van der Waals surface area contributed by atoms with Gasteiger partial charge in [-0.3, -0.25) is 0 Å². The number of benzene rings is 1. The van der Waals surface area contributed by atoms with E-state index in [0.29, 0.717) is 6.04 Å². The van der Waals surface area contributed by atoms with Gasteiger partial charge in [-0.25, -0.2) is 4.98 Å². The minimum atomic E-state index is 0.645. The van der Waals surface area contributed by atoms with E-state index in [-0.39, 0.29) is 0 Å². The molecule has 124 valence electrons. The van der Waals surface area contributed by atoms with Gasteiger partial charge in [0.25, 0.3) is 0 Å². The number of nitrogens with one attached hydrogen (secondary N) is 1. The average molecular weight is 312 g/mol. The van der Waals surface area contributed by atoms with Crippen LogP contribution in [0.3, 0.4) is 0 Å². The van der Waals surface area contributed by atoms with Crippen LogP contribution in [0.15, 0.2) is 18.2 Å². The maximum atomic E-state index is 4.81. The van der Waals surface area contributed by atoms with Crippen LogP contribution in [0.1, 0.15) is 37.1 Å². The van der Waals surface area contributed by atoms with Gasteiger partial charge in [-0.1, -0.05) is 6.07 Å². The summed E-state index contributed by atoms with van der Waals surface area (Å²) in [7, 11) is 2.12. The molecule has 2 aromatic rings. The van der Waals surface area contributed by atoms with E-state index in [2.05, 4.69) is 47.0 Å². The van der Waals surface area contributed by atoms with Gasteiger partial charge in [0, 0.05) is 19.6 Å². The van der Waals surface area contributed by atoms with E-state index in [1.54, 1.807) is 0 Å². The first-order valence-corrected chi connectivity index (χ1v) is 9.07. The molecule has 4 nitrogen and oxygen atoms in total. The maximum absolute atomic E-state index is 4.81. The Labute approximate surface area is 138 Å². The van der Waals surface area contributed by atoms with Crippen molar-refractivity contribution in [3.05, 3.63) is 29.6 Å². The van der Waals surface area contributed by atoms with Gasteiger partial charge in [0.2, 0.25) is 0 Å². The van der Waals surface area contributed by atoms with E-state index >= 15 is 0 Å². The number of hydrogen-bond donors (Lipinski definition) is 1. The highest BCUT2D eigenvalue weighted by atomic mass is 15.2. The molecule has 1 aromatic heterocycles. The van der Waals surface area contributed by atoms with Gasteiger partial charge >= 0.3 is 0 Å². The first kappa shape index (κ1) is 15.2. The van der Waals surface area contributed by atoms with Crippen LogP contribution in [0, 0.1) is 12.8 Å². The van der Waals surface area contributed by atoms with E-state index in [1.165, 1.54) is 56.4 Å². The first-order valence-electron chi connectivity index (χ1n) is 9.07. The molecule has 0 bridgehead atoms. The van der Waals surface area contributed by atoms with Crippen molar-refractivity contribution < 1.29 is 0 Å². The summed E-state index contributed by atoms with van der Waals surface area (Å²) in [5.74, 6) is 2.16. The van der Waals surface area contributed by atoms with Crippen LogP contribution in [0.5, 0.6) is 0 Å². The second-order valence-corrected chi connectivity index (χ2v) is 7.48. The summed E-state index contributed by atoms with van der Waals surface area (Å²) < 4.78 is 2.23. The monoisotopic (exact) mass is 312 g/mol. The Kier molecular flexibility index (Phi) is 4.12. The minimum absolute atomic E-state index is 0.645. The second kappa shape index (κ2) is 6.25. The number of nitrogens with zero attached hydrogens (tertiary/aromatic N) is 3. The Morgan fingerprint density at radius 1 is 1.17 bits per heavy atom. The summed E-state index contributed by atoms with van der Waals surface area (Å²) >= 11 is 0. The SMILES string of the molecule is Cc1ccc2c(c1)nc(CNC1CCN(CC3CC3)CC1)n2C. The fraction of sp³-hybridized carbons (Fsp3) is 0.632. The lowest BCUT2D eigenvalue weighted by Gasteiger charge is -2.32. The molecule has 0 unspecified atom stereocenters. The van der Waals surface area contributed by atoms with Crippen LogP contribution >= 0.6 is 0 Å². The van der Waals surface area contributed by atoms with Gasteiger partial charge in [0.05, 0.1) is 17.6 Å². The highest BCUT2D eigenvalue weighted by molar-refractivity contribution is 5.76. The molecular weight excluding hydrogens is 284 g/mol. The Balaban J connectivity index is 1.33. The van der Waals surface area contributed by atoms with Crippen LogP contribution in [0.4, 0.5) is 0 Å². The summed E-state index contributed by atoms with van der Waals surface area (Å²) in [4.78, 5) is 7.47. The summed E-state index contributed by atoms with van der Waals surface area (Å²) in [6, 6.07) is 7.16. The largest absolute Gasteiger partial charge is 0.330 e. The molecule has 1 saturated heterocycles. The highest BCUT2D eigenvalue weighted by Crippen LogP contribution is 2.30. The van der Waals surface area contributed by atoms with Gasteiger partial charge < -0.3 is 14.8 Å². The van der Waals surface area contributed by atoms with Gasteiger partial charge in [-0.2, -0.15) is 0 Å². The maximum Gasteiger partial charge on any atom is 0.123 e. The van der Waals surface area contributed by atoms with E-state index < -0.39 is 0 Å². The molecule has 0 radical (unpaired) electrons. The van der Waals surface area contributed by atoms with Crippen molar-refractivity contribution in [2.75, 3.05) is 19.6 Å². The van der Waals surface area contributed by atoms with Crippen molar-refractivity contribution >= 4 is 11.0 Å². The Morgan fingerprint density at radius 2 is 1.96 bits per heavy atom. The molecule has 1 aliphatic carbocycles. The van der Waals surface area contributed by atoms with Crippen LogP contribution in [-0.4, -0.2) is 40.1 Å². The molecule has 1 N–H and O–H groups in total. The summed E-state index contributed by atoms with van der Waals surface area (Å²) in [5, 5.41) is 3.73. The molecule has 2 aliphatic rings. The smallest absolute Gasteiger partial charge is 0.123 e. The number of likely N-dealkylation sites (tertiary alicyclic amines) is 1. The molecule has 1 aliphatic heterocycles. The van der Waals surface area contributed by atoms with Crippen molar-refractivity contribution in [3.8, 4) is 0 Å². The van der Waals surface area contributed by atoms with Crippen LogP contribution < -0.4 is 5.32 Å². The molecule has 4 rings (SSSR count). The van der Waals surface area contributed by atoms with E-state index in [9.17, 15) is 0 Å². The predicted octanol–water partition coefficient (Wildman–Crippen LogP) is 2.85. The van der Waals surface area contributed by atoms with Gasteiger partial charge in [0.1, 0.15) is 5.82 Å². The number of hydrogen-bond acceptors (Lipinski definition) is 3. The second-order valence-electron chi connectivity index (χ2n) is 7.48. The predicted molar refractivity (Wildman–Crippen MR) is 94.5 cm³/mol. The normalized spacial score (nSPS) is 20.4. The molecule has 23 heavy (non-hydrogen) atoms. The molecular formula is C19H28N4. The fourth-order valence-corrected chi connectivity index (χ4v) is 3.74. The Morgan fingerprint density at radius 3 is 2.70 bits per heavy atom. The summed E-state index contributed by atoms with van der Waals surface area (Å²) in [5.41, 5.74) is 3.62. The molecule has 2 fully saturated rings. The lowest BCUT2D eigenvalue weighted by atomic mass is 10.0. The molecule has 0 atom stereocenters. The lowest BCUT2D eigenvalue weighted by Crippen LogP contribution is -2.43. The number of rotatable bonds is 5. The third-order valence-corrected chi connectivity index (χ3v) is 5.48. The van der Waals surface area contributed by atoms with Gasteiger partial charge in [0.15, 0.2) is 0 Å². The van der Waals surface area contributed by atoms with Gasteiger partial charge in [-0.05, 0) is 69.3 Å². The van der Waals surface area contributed by atoms with Crippen molar-refractivity contribution in [2.24, 2.45) is 13.0 Å². The first-order chi connectivity index (χ1) is 11.2. The molecule has 1 aromatic carbocycles. The van der Waals surface area contributed by atoms with Crippen molar-refractivity contribution in [3.63, 3.8) is 0 Å². The average Bonchev–Trinajstić information content (AvgIpc) is 3.31. The topological polar surface area (TPSA) is 33.1 Å². The molecule has 4 heteroatoms. The van der Waals surface area contributed by atoms with E-state index in [1.807, 2.05) is 0 Å². The fourth-order valence-electron chi connectivity index (χ4n) is 3.74. The highest BCUT2D eigenvalue weighted by Gasteiger charge is 2.27. The van der Waals surface area contributed by atoms with Crippen molar-refractivity contribution in [1.29, 1.82) is 0 Å². The van der Waals surface area contributed by atoms with Crippen molar-refractivity contribution in [1.82, 2.24) is 19.8 Å². The third-order valence-electron chi connectivity index (χ3n) is 5.48. The standard InChI is InChI=1S/C19H28N4/c1-14-3-6-18-17(11-14)21-19(22(18)2)12-20-16-7-9-23(10-8-16)13-15-4-5-15/h3,6,11,15-16,20H,4-5,7-10,12-13H2,1-2H3. The zero-order valence-corrected chi connectivity index (χ0v) is 14.4. The van der Waals surface area contributed by atoms with Gasteiger partial charge in [-0.15, -0.1) is 0 Å². The minimum Gasteiger partial charge on any atom is -0.330 e. The number of fused-ring (bicyclic) bond motifs is 1. The van der Waals surface area contributed by atoms with Crippen LogP contribution in [-0.2, 0) is 13.6 Å². The molecule has 0 amide bonds. The lowest BCUT2D eigenvalue weighted by molar-refractivity contribution is 0.190.